The van der Waals surface area contributed by atoms with E-state index >= 15 is 0 Å². The monoisotopic (exact) mass is 295 g/mol. The predicted molar refractivity (Wildman–Crippen MR) is 56.7 cm³/mol. The van der Waals surface area contributed by atoms with Crippen LogP contribution in [0.25, 0.3) is 0 Å². The van der Waals surface area contributed by atoms with E-state index in [4.69, 9.17) is 10.8 Å². The van der Waals surface area contributed by atoms with Gasteiger partial charge in [-0.15, -0.1) is 0 Å². The molecule has 1 heterocycles. The fraction of sp³-hybridized carbons (Fsp3) is 0.429. The molecule has 0 radical (unpaired) electrons. The molecule has 0 aliphatic heterocycles. The van der Waals surface area contributed by atoms with Crippen LogP contribution in [0.2, 0.25) is 0 Å². The van der Waals surface area contributed by atoms with Crippen molar-refractivity contribution in [1.29, 1.82) is 0 Å². The third-order valence-electron chi connectivity index (χ3n) is 1.57. The van der Waals surface area contributed by atoms with Crippen LogP contribution in [0.5, 0.6) is 0 Å². The average Bonchev–Trinajstić information content (AvgIpc) is 2.28. The normalized spacial score (nSPS) is 10.8. The maximum absolute atomic E-state index is 10.8. The highest BCUT2D eigenvalue weighted by atomic mass is 127. The number of hydrogen-bond acceptors (Lipinski definition) is 3. The summed E-state index contributed by atoms with van der Waals surface area (Å²) in [5.74, 6) is -0.728. The number of hydrogen-bond donors (Lipinski definition) is 2. The topological polar surface area (TPSA) is 81.1 Å². The molecule has 0 atom stereocenters. The Morgan fingerprint density at radius 1 is 1.69 bits per heavy atom. The van der Waals surface area contributed by atoms with E-state index in [1.807, 2.05) is 36.4 Å². The maximum Gasteiger partial charge on any atom is 0.355 e. The van der Waals surface area contributed by atoms with Gasteiger partial charge in [-0.2, -0.15) is 5.10 Å². The molecular weight excluding hydrogens is 285 g/mol. The summed E-state index contributed by atoms with van der Waals surface area (Å²) < 4.78 is 1.92. The molecule has 6 heteroatoms. The smallest absolute Gasteiger partial charge is 0.355 e. The standard InChI is InChI=1S/C7H10IN3O2/c1-3(2)11-5(7(12)13)4(8)6(9)10-11/h3H,1-2H3,(H2,9,10)(H,12,13). The summed E-state index contributed by atoms with van der Waals surface area (Å²) in [4.78, 5) is 10.8. The lowest BCUT2D eigenvalue weighted by Gasteiger charge is -2.07. The Balaban J connectivity index is 3.35. The Labute approximate surface area is 89.1 Å². The number of rotatable bonds is 2. The van der Waals surface area contributed by atoms with Gasteiger partial charge in [0.15, 0.2) is 11.5 Å². The largest absolute Gasteiger partial charge is 0.476 e. The number of halogens is 1. The van der Waals surface area contributed by atoms with Crippen LogP contribution in [0.4, 0.5) is 5.82 Å². The summed E-state index contributed by atoms with van der Waals surface area (Å²) >= 11 is 1.89. The van der Waals surface area contributed by atoms with Gasteiger partial charge < -0.3 is 10.8 Å². The van der Waals surface area contributed by atoms with Crippen LogP contribution in [0, 0.1) is 3.57 Å². The number of anilines is 1. The molecule has 13 heavy (non-hydrogen) atoms. The number of nitrogen functional groups attached to an aromatic ring is 1. The Morgan fingerprint density at radius 3 is 2.54 bits per heavy atom. The highest BCUT2D eigenvalue weighted by molar-refractivity contribution is 14.1. The van der Waals surface area contributed by atoms with Gasteiger partial charge in [-0.3, -0.25) is 4.68 Å². The number of carboxylic acids is 1. The number of nitrogens with two attached hydrogens (primary N) is 1. The van der Waals surface area contributed by atoms with Crippen LogP contribution < -0.4 is 5.73 Å². The molecule has 1 aromatic heterocycles. The van der Waals surface area contributed by atoms with E-state index in [1.165, 1.54) is 4.68 Å². The summed E-state index contributed by atoms with van der Waals surface area (Å²) in [6, 6.07) is -0.00286. The second kappa shape index (κ2) is 3.52. The summed E-state index contributed by atoms with van der Waals surface area (Å²) in [7, 11) is 0. The molecule has 0 aliphatic rings. The van der Waals surface area contributed by atoms with Gasteiger partial charge in [0.2, 0.25) is 0 Å². The zero-order valence-electron chi connectivity index (χ0n) is 7.28. The van der Waals surface area contributed by atoms with Crippen LogP contribution in [0.3, 0.4) is 0 Å². The zero-order valence-corrected chi connectivity index (χ0v) is 9.44. The van der Waals surface area contributed by atoms with Crippen molar-refractivity contribution in [2.45, 2.75) is 19.9 Å². The molecule has 72 valence electrons. The van der Waals surface area contributed by atoms with E-state index in [9.17, 15) is 4.79 Å². The lowest BCUT2D eigenvalue weighted by molar-refractivity contribution is 0.0680. The van der Waals surface area contributed by atoms with Crippen molar-refractivity contribution in [3.63, 3.8) is 0 Å². The van der Waals surface area contributed by atoms with Gasteiger partial charge in [0.1, 0.15) is 0 Å². The lowest BCUT2D eigenvalue weighted by atomic mass is 10.3. The molecule has 0 aromatic carbocycles. The van der Waals surface area contributed by atoms with Gasteiger partial charge in [0.25, 0.3) is 0 Å². The first-order valence-electron chi connectivity index (χ1n) is 3.72. The molecule has 0 aliphatic carbocycles. The quantitative estimate of drug-likeness (QED) is 0.807. The average molecular weight is 295 g/mol. The van der Waals surface area contributed by atoms with Crippen molar-refractivity contribution in [2.75, 3.05) is 5.73 Å². The Bertz CT molecular complexity index is 346. The molecule has 0 saturated heterocycles. The fourth-order valence-electron chi connectivity index (χ4n) is 0.997. The van der Waals surface area contributed by atoms with Crippen molar-refractivity contribution in [3.8, 4) is 0 Å². The van der Waals surface area contributed by atoms with Crippen molar-refractivity contribution in [3.05, 3.63) is 9.26 Å². The molecular formula is C7H10IN3O2. The summed E-state index contributed by atoms with van der Waals surface area (Å²) in [6.45, 7) is 3.71. The van der Waals surface area contributed by atoms with Crippen molar-refractivity contribution in [1.82, 2.24) is 9.78 Å². The summed E-state index contributed by atoms with van der Waals surface area (Å²) in [5.41, 5.74) is 5.67. The lowest BCUT2D eigenvalue weighted by Crippen LogP contribution is -2.12. The second-order valence-electron chi connectivity index (χ2n) is 2.89. The number of carboxylic acid groups (broad SMARTS) is 1. The Morgan fingerprint density at radius 2 is 2.23 bits per heavy atom. The van der Waals surface area contributed by atoms with Crippen LogP contribution >= 0.6 is 22.6 Å². The summed E-state index contributed by atoms with van der Waals surface area (Å²) in [5, 5.41) is 12.8. The van der Waals surface area contributed by atoms with Crippen molar-refractivity contribution < 1.29 is 9.90 Å². The van der Waals surface area contributed by atoms with Crippen molar-refractivity contribution >= 4 is 34.4 Å². The number of carbonyl (C=O) groups is 1. The highest BCUT2D eigenvalue weighted by Crippen LogP contribution is 2.21. The molecule has 0 bridgehead atoms. The minimum Gasteiger partial charge on any atom is -0.476 e. The highest BCUT2D eigenvalue weighted by Gasteiger charge is 2.21. The van der Waals surface area contributed by atoms with E-state index in [0.29, 0.717) is 3.57 Å². The van der Waals surface area contributed by atoms with Crippen molar-refractivity contribution in [2.24, 2.45) is 0 Å². The van der Waals surface area contributed by atoms with Gasteiger partial charge in [-0.05, 0) is 36.4 Å². The third kappa shape index (κ3) is 1.77. The Kier molecular flexibility index (Phi) is 2.79. The van der Waals surface area contributed by atoms with E-state index in [0.717, 1.165) is 0 Å². The van der Waals surface area contributed by atoms with Gasteiger partial charge in [-0.1, -0.05) is 0 Å². The maximum atomic E-state index is 10.8. The van der Waals surface area contributed by atoms with E-state index in [1.54, 1.807) is 0 Å². The number of aromatic nitrogens is 2. The molecule has 0 spiro atoms. The zero-order chi connectivity index (χ0) is 10.2. The second-order valence-corrected chi connectivity index (χ2v) is 3.97. The molecule has 1 rings (SSSR count). The summed E-state index contributed by atoms with van der Waals surface area (Å²) in [6.07, 6.45) is 0. The van der Waals surface area contributed by atoms with E-state index < -0.39 is 5.97 Å². The fourth-order valence-corrected chi connectivity index (χ4v) is 1.58. The molecule has 3 N–H and O–H groups in total. The van der Waals surface area contributed by atoms with Gasteiger partial charge in [0.05, 0.1) is 3.57 Å². The molecule has 0 fully saturated rings. The van der Waals surface area contributed by atoms with Gasteiger partial charge in [-0.25, -0.2) is 4.79 Å². The first kappa shape index (κ1) is 10.3. The van der Waals surface area contributed by atoms with E-state index in [2.05, 4.69) is 5.10 Å². The SMILES string of the molecule is CC(C)n1nc(N)c(I)c1C(=O)O. The minimum atomic E-state index is -0.998. The van der Waals surface area contributed by atoms with Gasteiger partial charge in [0, 0.05) is 6.04 Å². The van der Waals surface area contributed by atoms with E-state index in [-0.39, 0.29) is 17.6 Å². The number of aromatic carboxylic acids is 1. The molecule has 0 amide bonds. The molecule has 1 aromatic rings. The van der Waals surface area contributed by atoms with Gasteiger partial charge >= 0.3 is 5.97 Å². The third-order valence-corrected chi connectivity index (χ3v) is 2.63. The van der Waals surface area contributed by atoms with Crippen LogP contribution in [0.15, 0.2) is 0 Å². The van der Waals surface area contributed by atoms with Crippen LogP contribution in [0.1, 0.15) is 30.4 Å². The molecule has 0 saturated carbocycles. The number of nitrogens with zero attached hydrogens (tertiary/aromatic N) is 2. The minimum absolute atomic E-state index is 0.00286. The first-order chi connectivity index (χ1) is 5.95. The predicted octanol–water partition coefficient (Wildman–Crippen LogP) is 1.35. The molecule has 0 unspecified atom stereocenters. The first-order valence-corrected chi connectivity index (χ1v) is 4.79. The van der Waals surface area contributed by atoms with Crippen LogP contribution in [-0.2, 0) is 0 Å². The van der Waals surface area contributed by atoms with Crippen LogP contribution in [-0.4, -0.2) is 20.9 Å². The Hall–Kier alpha value is -0.790. The molecule has 5 nitrogen and oxygen atoms in total.